The maximum absolute atomic E-state index is 12.7. The number of piperidine rings is 2. The molecule has 6 heteroatoms. The molecule has 0 unspecified atom stereocenters. The summed E-state index contributed by atoms with van der Waals surface area (Å²) >= 11 is 0. The number of benzene rings is 1. The number of nitrogens with zero attached hydrogens (tertiary/aromatic N) is 3. The van der Waals surface area contributed by atoms with Crippen LogP contribution in [-0.2, 0) is 4.79 Å². The van der Waals surface area contributed by atoms with Crippen molar-refractivity contribution in [3.8, 4) is 0 Å². The lowest BCUT2D eigenvalue weighted by atomic mass is 9.89. The smallest absolute Gasteiger partial charge is 0.250 e. The van der Waals surface area contributed by atoms with Crippen LogP contribution in [0.5, 0.6) is 0 Å². The molecular weight excluding hydrogens is 352 g/mol. The Morgan fingerprint density at radius 3 is 2.46 bits per heavy atom. The van der Waals surface area contributed by atoms with Crippen LogP contribution in [-0.4, -0.2) is 59.3 Å². The van der Waals surface area contributed by atoms with Crippen LogP contribution in [0.4, 0.5) is 0 Å². The van der Waals surface area contributed by atoms with Crippen molar-refractivity contribution in [3.63, 3.8) is 0 Å². The molecule has 2 aliphatic heterocycles. The number of primary amides is 1. The monoisotopic (exact) mass is 380 g/mol. The van der Waals surface area contributed by atoms with Crippen LogP contribution in [0.3, 0.4) is 0 Å². The van der Waals surface area contributed by atoms with Gasteiger partial charge in [-0.2, -0.15) is 0 Å². The fourth-order valence-corrected chi connectivity index (χ4v) is 4.45. The molecule has 2 amide bonds. The van der Waals surface area contributed by atoms with E-state index in [1.54, 1.807) is 0 Å². The average Bonchev–Trinajstić information content (AvgIpc) is 2.73. The Morgan fingerprint density at radius 2 is 1.75 bits per heavy atom. The van der Waals surface area contributed by atoms with Crippen molar-refractivity contribution in [2.45, 2.75) is 38.0 Å². The van der Waals surface area contributed by atoms with E-state index in [0.717, 1.165) is 42.5 Å². The van der Waals surface area contributed by atoms with E-state index < -0.39 is 5.91 Å². The van der Waals surface area contributed by atoms with Crippen molar-refractivity contribution in [1.82, 2.24) is 14.8 Å². The van der Waals surface area contributed by atoms with E-state index in [2.05, 4.69) is 4.90 Å². The van der Waals surface area contributed by atoms with Gasteiger partial charge in [0, 0.05) is 24.4 Å². The first kappa shape index (κ1) is 18.9. The van der Waals surface area contributed by atoms with Crippen LogP contribution < -0.4 is 5.73 Å². The van der Waals surface area contributed by atoms with Gasteiger partial charge in [-0.25, -0.2) is 0 Å². The van der Waals surface area contributed by atoms with Crippen LogP contribution in [0.25, 0.3) is 10.9 Å². The molecule has 0 aliphatic carbocycles. The second-order valence-corrected chi connectivity index (χ2v) is 7.97. The first-order valence-corrected chi connectivity index (χ1v) is 10.3. The van der Waals surface area contributed by atoms with E-state index >= 15 is 0 Å². The summed E-state index contributed by atoms with van der Waals surface area (Å²) in [6.07, 6.45) is 5.30. The van der Waals surface area contributed by atoms with Crippen molar-refractivity contribution in [3.05, 3.63) is 41.6 Å². The number of amides is 2. The van der Waals surface area contributed by atoms with Gasteiger partial charge in [-0.15, -0.1) is 0 Å². The minimum Gasteiger partial charge on any atom is -0.366 e. The summed E-state index contributed by atoms with van der Waals surface area (Å²) in [6.45, 7) is 4.02. The third kappa shape index (κ3) is 4.02. The Bertz CT molecular complexity index is 868. The largest absolute Gasteiger partial charge is 0.366 e. The highest BCUT2D eigenvalue weighted by Crippen LogP contribution is 2.31. The van der Waals surface area contributed by atoms with Gasteiger partial charge in [0.1, 0.15) is 0 Å². The molecule has 2 aromatic rings. The first-order chi connectivity index (χ1) is 13.6. The van der Waals surface area contributed by atoms with E-state index in [4.69, 9.17) is 10.7 Å². The average molecular weight is 380 g/mol. The number of carbonyl (C=O) groups is 2. The third-order valence-corrected chi connectivity index (χ3v) is 6.06. The number of aromatic nitrogens is 1. The van der Waals surface area contributed by atoms with Crippen molar-refractivity contribution in [2.75, 3.05) is 32.7 Å². The molecule has 2 fully saturated rings. The van der Waals surface area contributed by atoms with Crippen LogP contribution in [0.2, 0.25) is 0 Å². The standard InChI is InChI=1S/C22H28N4O2/c23-22(28)18-14-17-6-2-3-7-19(17)24-21(18)16-8-12-26(13-9-16)20(27)15-25-10-4-1-5-11-25/h2-3,6-7,14,16H,1,4-5,8-13,15H2,(H2,23,28). The highest BCUT2D eigenvalue weighted by Gasteiger charge is 2.28. The van der Waals surface area contributed by atoms with E-state index in [9.17, 15) is 9.59 Å². The number of fused-ring (bicyclic) bond motifs is 1. The number of carbonyl (C=O) groups excluding carboxylic acids is 2. The van der Waals surface area contributed by atoms with E-state index in [0.29, 0.717) is 25.2 Å². The molecule has 2 saturated heterocycles. The molecule has 0 radical (unpaired) electrons. The maximum Gasteiger partial charge on any atom is 0.250 e. The van der Waals surface area contributed by atoms with Gasteiger partial charge in [-0.3, -0.25) is 19.5 Å². The topological polar surface area (TPSA) is 79.5 Å². The minimum atomic E-state index is -0.433. The molecule has 0 bridgehead atoms. The van der Waals surface area contributed by atoms with E-state index in [1.165, 1.54) is 19.3 Å². The molecule has 0 atom stereocenters. The number of hydrogen-bond acceptors (Lipinski definition) is 4. The maximum atomic E-state index is 12.7. The number of nitrogens with two attached hydrogens (primary N) is 1. The van der Waals surface area contributed by atoms with Gasteiger partial charge in [0.15, 0.2) is 0 Å². The van der Waals surface area contributed by atoms with Gasteiger partial charge in [0.2, 0.25) is 5.91 Å². The van der Waals surface area contributed by atoms with Gasteiger partial charge in [0.25, 0.3) is 5.91 Å². The van der Waals surface area contributed by atoms with Gasteiger partial charge in [-0.1, -0.05) is 24.6 Å². The lowest BCUT2D eigenvalue weighted by Gasteiger charge is -2.34. The van der Waals surface area contributed by atoms with Gasteiger partial charge >= 0.3 is 0 Å². The molecule has 3 heterocycles. The summed E-state index contributed by atoms with van der Waals surface area (Å²) in [4.78, 5) is 33.7. The highest BCUT2D eigenvalue weighted by atomic mass is 16.2. The summed E-state index contributed by atoms with van der Waals surface area (Å²) in [7, 11) is 0. The zero-order valence-electron chi connectivity index (χ0n) is 16.3. The van der Waals surface area contributed by atoms with Crippen molar-refractivity contribution >= 4 is 22.7 Å². The van der Waals surface area contributed by atoms with Crippen LogP contribution >= 0.6 is 0 Å². The predicted octanol–water partition coefficient (Wildman–Crippen LogP) is 2.53. The zero-order chi connectivity index (χ0) is 19.5. The molecule has 0 spiro atoms. The zero-order valence-corrected chi connectivity index (χ0v) is 16.3. The van der Waals surface area contributed by atoms with Crippen molar-refractivity contribution in [1.29, 1.82) is 0 Å². The first-order valence-electron chi connectivity index (χ1n) is 10.3. The molecule has 28 heavy (non-hydrogen) atoms. The van der Waals surface area contributed by atoms with Crippen LogP contribution in [0.1, 0.15) is 54.1 Å². The highest BCUT2D eigenvalue weighted by molar-refractivity contribution is 5.97. The fourth-order valence-electron chi connectivity index (χ4n) is 4.45. The summed E-state index contributed by atoms with van der Waals surface area (Å²) < 4.78 is 0. The molecule has 6 nitrogen and oxygen atoms in total. The number of hydrogen-bond donors (Lipinski definition) is 1. The lowest BCUT2D eigenvalue weighted by Crippen LogP contribution is -2.45. The second kappa shape index (κ2) is 8.27. The fraction of sp³-hybridized carbons (Fsp3) is 0.500. The predicted molar refractivity (Wildman–Crippen MR) is 109 cm³/mol. The summed E-state index contributed by atoms with van der Waals surface area (Å²) in [5, 5.41) is 0.925. The quantitative estimate of drug-likeness (QED) is 0.884. The van der Waals surface area contributed by atoms with E-state index in [1.807, 2.05) is 35.2 Å². The molecule has 2 aliphatic rings. The Morgan fingerprint density at radius 1 is 1.04 bits per heavy atom. The summed E-state index contributed by atoms with van der Waals surface area (Å²) in [5.74, 6) is -0.0510. The number of para-hydroxylation sites is 1. The molecule has 4 rings (SSSR count). The van der Waals surface area contributed by atoms with Crippen molar-refractivity contribution in [2.24, 2.45) is 5.73 Å². The summed E-state index contributed by atoms with van der Waals surface area (Å²) in [5.41, 5.74) is 7.82. The van der Waals surface area contributed by atoms with Gasteiger partial charge < -0.3 is 10.6 Å². The molecule has 0 saturated carbocycles. The SMILES string of the molecule is NC(=O)c1cc2ccccc2nc1C1CCN(C(=O)CN2CCCCC2)CC1. The normalized spacial score (nSPS) is 19.1. The number of pyridine rings is 1. The Balaban J connectivity index is 1.45. The summed E-state index contributed by atoms with van der Waals surface area (Å²) in [6, 6.07) is 9.64. The van der Waals surface area contributed by atoms with E-state index in [-0.39, 0.29) is 11.8 Å². The van der Waals surface area contributed by atoms with Crippen molar-refractivity contribution < 1.29 is 9.59 Å². The minimum absolute atomic E-state index is 0.158. The van der Waals surface area contributed by atoms with Crippen LogP contribution in [0.15, 0.2) is 30.3 Å². The van der Waals surface area contributed by atoms with Crippen LogP contribution in [0, 0.1) is 0 Å². The van der Waals surface area contributed by atoms with Gasteiger partial charge in [-0.05, 0) is 50.9 Å². The Kier molecular flexibility index (Phi) is 5.57. The number of likely N-dealkylation sites (tertiary alicyclic amines) is 2. The van der Waals surface area contributed by atoms with Gasteiger partial charge in [0.05, 0.1) is 23.3 Å². The number of rotatable bonds is 4. The molecule has 148 valence electrons. The Hall–Kier alpha value is -2.47. The Labute approximate surface area is 165 Å². The molecular formula is C22H28N4O2. The third-order valence-electron chi connectivity index (χ3n) is 6.06. The molecule has 2 N–H and O–H groups in total. The second-order valence-electron chi connectivity index (χ2n) is 7.97. The molecule has 1 aromatic heterocycles. The molecule has 1 aromatic carbocycles. The lowest BCUT2D eigenvalue weighted by molar-refractivity contribution is -0.133.